The molecule has 0 aromatic heterocycles. The van der Waals surface area contributed by atoms with Gasteiger partial charge >= 0.3 is 0 Å². The van der Waals surface area contributed by atoms with Crippen molar-refractivity contribution >= 4 is 0 Å². The number of nitrogens with one attached hydrogen (secondary N) is 4. The van der Waals surface area contributed by atoms with E-state index in [0.717, 1.165) is 170 Å². The molecule has 20 heteroatoms. The molecule has 0 aliphatic carbocycles. The summed E-state index contributed by atoms with van der Waals surface area (Å²) < 4.78 is 0. The first-order chi connectivity index (χ1) is 34.5. The number of hydrogen-bond donors (Lipinski definition) is 12. The number of rotatable bonds is 39. The zero-order chi connectivity index (χ0) is 53.9. The van der Waals surface area contributed by atoms with Gasteiger partial charge in [0.1, 0.15) is 0 Å². The van der Waals surface area contributed by atoms with Crippen molar-refractivity contribution in [2.24, 2.45) is 45.9 Å². The summed E-state index contributed by atoms with van der Waals surface area (Å²) in [5.74, 6) is 0. The summed E-state index contributed by atoms with van der Waals surface area (Å²) in [5.41, 5.74) is 43.1. The minimum atomic E-state index is 0.719. The quantitative estimate of drug-likeness (QED) is 0.0289. The van der Waals surface area contributed by atoms with E-state index in [1.54, 1.807) is 0 Å². The summed E-state index contributed by atoms with van der Waals surface area (Å²) >= 11 is 0. The molecule has 0 saturated carbocycles. The Labute approximate surface area is 441 Å². The number of nitrogens with zero attached hydrogens (tertiary/aromatic N) is 8. The molecular formula is C51H130N20. The van der Waals surface area contributed by atoms with Crippen molar-refractivity contribution in [3.8, 4) is 0 Å². The molecule has 2 rings (SSSR count). The lowest BCUT2D eigenvalue weighted by molar-refractivity contribution is 0.131. The third-order valence-electron chi connectivity index (χ3n) is 12.1. The van der Waals surface area contributed by atoms with Gasteiger partial charge in [-0.25, -0.2) is 0 Å². The predicted molar refractivity (Wildman–Crippen MR) is 315 cm³/mol. The lowest BCUT2D eigenvalue weighted by Crippen LogP contribution is -2.47. The highest BCUT2D eigenvalue weighted by Gasteiger charge is 2.16. The number of piperazine rings is 2. The minimum absolute atomic E-state index is 0.719. The van der Waals surface area contributed by atoms with Gasteiger partial charge in [0.25, 0.3) is 0 Å². The Morgan fingerprint density at radius 3 is 1.08 bits per heavy atom. The van der Waals surface area contributed by atoms with Crippen LogP contribution in [0.5, 0.6) is 0 Å². The minimum Gasteiger partial charge on any atom is -0.330 e. The van der Waals surface area contributed by atoms with Gasteiger partial charge in [-0.2, -0.15) is 0 Å². The van der Waals surface area contributed by atoms with Gasteiger partial charge in [-0.1, -0.05) is 19.8 Å². The van der Waals surface area contributed by atoms with Crippen molar-refractivity contribution in [3.05, 3.63) is 0 Å². The molecule has 2 aliphatic rings. The number of nitrogens with two attached hydrogens (primary N) is 8. The second-order valence-electron chi connectivity index (χ2n) is 19.2. The molecule has 0 aromatic carbocycles. The summed E-state index contributed by atoms with van der Waals surface area (Å²) in [4.78, 5) is 19.2. The van der Waals surface area contributed by atoms with E-state index in [1.807, 2.05) is 28.2 Å². The Balaban J connectivity index is -0.000000384. The molecule has 0 unspecified atom stereocenters. The third kappa shape index (κ3) is 63.4. The fourth-order valence-corrected chi connectivity index (χ4v) is 7.41. The average Bonchev–Trinajstić information content (AvgIpc) is 3.38. The van der Waals surface area contributed by atoms with Gasteiger partial charge in [0.2, 0.25) is 0 Å². The number of unbranched alkanes of at least 4 members (excludes halogenated alkanes) is 3. The fraction of sp³-hybridized carbons (Fsp3) is 1.00. The largest absolute Gasteiger partial charge is 0.330 e. The molecule has 2 saturated heterocycles. The first kappa shape index (κ1) is 76.7. The molecule has 71 heavy (non-hydrogen) atoms. The summed E-state index contributed by atoms with van der Waals surface area (Å²) in [6.45, 7) is 37.1. The molecule has 0 atom stereocenters. The topological polar surface area (TPSA) is 282 Å². The number of likely N-dealkylation sites (N-methyl/N-ethyl adjacent to an activating group) is 4. The van der Waals surface area contributed by atoms with E-state index in [0.29, 0.717) is 0 Å². The van der Waals surface area contributed by atoms with Crippen LogP contribution >= 0.6 is 0 Å². The highest BCUT2D eigenvalue weighted by molar-refractivity contribution is 4.73. The smallest absolute Gasteiger partial charge is 0.0110 e. The van der Waals surface area contributed by atoms with Crippen LogP contribution in [0.15, 0.2) is 0 Å². The van der Waals surface area contributed by atoms with Crippen molar-refractivity contribution in [2.45, 2.75) is 71.1 Å². The van der Waals surface area contributed by atoms with E-state index in [4.69, 9.17) is 45.9 Å². The van der Waals surface area contributed by atoms with E-state index in [2.05, 4.69) is 88.5 Å². The van der Waals surface area contributed by atoms with Crippen molar-refractivity contribution in [2.75, 3.05) is 265 Å². The lowest BCUT2D eigenvalue weighted by atomic mass is 10.2. The van der Waals surface area contributed by atoms with Crippen LogP contribution in [0.2, 0.25) is 0 Å². The van der Waals surface area contributed by atoms with Gasteiger partial charge in [-0.15, -0.1) is 0 Å². The molecule has 2 heterocycles. The molecule has 2 aliphatic heterocycles. The van der Waals surface area contributed by atoms with Crippen LogP contribution < -0.4 is 67.1 Å². The molecule has 2 fully saturated rings. The van der Waals surface area contributed by atoms with Crippen LogP contribution in [-0.2, 0) is 0 Å². The maximum atomic E-state index is 5.54. The second kappa shape index (κ2) is 65.3. The Bertz CT molecular complexity index is 864. The Morgan fingerprint density at radius 1 is 0.338 bits per heavy atom. The molecule has 0 radical (unpaired) electrons. The molecule has 0 amide bonds. The highest BCUT2D eigenvalue weighted by atomic mass is 15.3. The molecule has 0 bridgehead atoms. The van der Waals surface area contributed by atoms with Gasteiger partial charge in [-0.05, 0) is 186 Å². The van der Waals surface area contributed by atoms with E-state index in [-0.39, 0.29) is 0 Å². The van der Waals surface area contributed by atoms with Crippen LogP contribution in [-0.4, -0.2) is 305 Å². The monoisotopic (exact) mass is 1020 g/mol. The summed E-state index contributed by atoms with van der Waals surface area (Å²) in [6, 6.07) is 0. The zero-order valence-corrected chi connectivity index (χ0v) is 48.6. The van der Waals surface area contributed by atoms with Crippen LogP contribution in [0.3, 0.4) is 0 Å². The van der Waals surface area contributed by atoms with Crippen LogP contribution in [0.25, 0.3) is 0 Å². The van der Waals surface area contributed by atoms with Gasteiger partial charge in [0, 0.05) is 131 Å². The maximum Gasteiger partial charge on any atom is 0.0110 e. The average molecular weight is 1020 g/mol. The molecule has 20 N–H and O–H groups in total. The van der Waals surface area contributed by atoms with Gasteiger partial charge in [0.15, 0.2) is 0 Å². The highest BCUT2D eigenvalue weighted by Crippen LogP contribution is 2.05. The second-order valence-corrected chi connectivity index (χ2v) is 19.2. The standard InChI is InChI=1S/C11H26N4.C11H25N3.C9H24N4.C8H21N3.C7H19N3.C5H15N3/c12-4-2-1-3-6-14-8-10-15(7-5-13)11-9-14;1-2-3-6-13-8-10-14(11-9-13)7-4-5-12;1-10-4-7-13(8-5-11-2)9-6-12-3;1-11(2)8-4-7-10-6-3-5-9;1-10(6-2-4-8)7-3-5-9;1-8(4-2-6)5-3-7/h1-13H2;2-12H2,1H3;10-12H,4-9H2,1-3H3;10H,3-9H2,1-2H3;2-9H2,1H3;2-7H2,1H3. The van der Waals surface area contributed by atoms with Crippen molar-refractivity contribution in [1.82, 2.24) is 60.5 Å². The first-order valence-electron chi connectivity index (χ1n) is 28.4. The van der Waals surface area contributed by atoms with Crippen molar-refractivity contribution in [1.29, 1.82) is 0 Å². The van der Waals surface area contributed by atoms with Crippen LogP contribution in [0, 0.1) is 0 Å². The fourth-order valence-electron chi connectivity index (χ4n) is 7.41. The maximum absolute atomic E-state index is 5.54. The Morgan fingerprint density at radius 2 is 0.718 bits per heavy atom. The van der Waals surface area contributed by atoms with E-state index < -0.39 is 0 Å². The SMILES string of the molecule is CCCCN1CCN(CCCN)CC1.CN(C)CCCNCCCN.CN(CCCN)CCCN.CN(CCN)CCN.CNCCN(CCNC)CCNC.NCCCCCN1CCN(CCN)CC1. The van der Waals surface area contributed by atoms with Crippen LogP contribution in [0.1, 0.15) is 71.1 Å². The molecule has 20 nitrogen and oxygen atoms in total. The van der Waals surface area contributed by atoms with Gasteiger partial charge in [0.05, 0.1) is 0 Å². The Hall–Kier alpha value is -0.800. The number of hydrogen-bond acceptors (Lipinski definition) is 20. The molecule has 434 valence electrons. The van der Waals surface area contributed by atoms with Crippen molar-refractivity contribution in [3.63, 3.8) is 0 Å². The van der Waals surface area contributed by atoms with E-state index in [9.17, 15) is 0 Å². The lowest BCUT2D eigenvalue weighted by Gasteiger charge is -2.34. The molecular weight excluding hydrogens is 893 g/mol. The first-order valence-corrected chi connectivity index (χ1v) is 28.4. The van der Waals surface area contributed by atoms with Crippen molar-refractivity contribution < 1.29 is 0 Å². The van der Waals surface area contributed by atoms with E-state index >= 15 is 0 Å². The van der Waals surface area contributed by atoms with Gasteiger partial charge in [-0.3, -0.25) is 9.80 Å². The molecule has 0 aromatic rings. The Kier molecular flexibility index (Phi) is 70.6. The van der Waals surface area contributed by atoms with Gasteiger partial charge < -0.3 is 96.5 Å². The van der Waals surface area contributed by atoms with E-state index in [1.165, 1.54) is 111 Å². The summed E-state index contributed by atoms with van der Waals surface area (Å²) in [6.07, 6.45) is 12.0. The normalized spacial score (nSPS) is 14.5. The summed E-state index contributed by atoms with van der Waals surface area (Å²) in [5, 5.41) is 12.8. The van der Waals surface area contributed by atoms with Crippen LogP contribution in [0.4, 0.5) is 0 Å². The molecule has 0 spiro atoms. The predicted octanol–water partition coefficient (Wildman–Crippen LogP) is -2.28. The summed E-state index contributed by atoms with van der Waals surface area (Å²) in [7, 11) is 14.3. The third-order valence-corrected chi connectivity index (χ3v) is 12.1. The zero-order valence-electron chi connectivity index (χ0n) is 48.6.